The number of hydrogen-bond acceptors (Lipinski definition) is 5. The first-order chi connectivity index (χ1) is 11.8. The van der Waals surface area contributed by atoms with Crippen molar-refractivity contribution in [1.29, 1.82) is 0 Å². The van der Waals surface area contributed by atoms with E-state index in [0.717, 1.165) is 31.6 Å². The summed E-state index contributed by atoms with van der Waals surface area (Å²) in [6.45, 7) is 11.7. The quantitative estimate of drug-likeness (QED) is 0.749. The van der Waals surface area contributed by atoms with E-state index in [1.54, 1.807) is 0 Å². The molecule has 0 amide bonds. The Hall–Kier alpha value is -1.04. The van der Waals surface area contributed by atoms with Crippen LogP contribution in [0, 0.1) is 6.92 Å². The smallest absolute Gasteiger partial charge is 0.125 e. The Labute approximate surface area is 146 Å². The standard InChI is InChI=1S/C19H32N4O/c1-3-24-13-12-22-8-6-19(7-9-22)23-10-4-17(5-11-23)18-14-20-16(2)21-15-18/h14-15,17,19H,3-13H2,1-2H3. The van der Waals surface area contributed by atoms with Crippen molar-refractivity contribution in [3.8, 4) is 0 Å². The zero-order valence-electron chi connectivity index (χ0n) is 15.3. The van der Waals surface area contributed by atoms with Crippen LogP contribution in [0.25, 0.3) is 0 Å². The van der Waals surface area contributed by atoms with Gasteiger partial charge in [-0.15, -0.1) is 0 Å². The molecule has 5 heteroatoms. The van der Waals surface area contributed by atoms with Gasteiger partial charge >= 0.3 is 0 Å². The Morgan fingerprint density at radius 2 is 1.71 bits per heavy atom. The summed E-state index contributed by atoms with van der Waals surface area (Å²) >= 11 is 0. The fourth-order valence-corrected chi connectivity index (χ4v) is 4.06. The topological polar surface area (TPSA) is 41.5 Å². The molecule has 24 heavy (non-hydrogen) atoms. The first-order valence-corrected chi connectivity index (χ1v) is 9.59. The predicted molar refractivity (Wildman–Crippen MR) is 96.3 cm³/mol. The fourth-order valence-electron chi connectivity index (χ4n) is 4.06. The zero-order valence-corrected chi connectivity index (χ0v) is 15.3. The Morgan fingerprint density at radius 1 is 1.04 bits per heavy atom. The van der Waals surface area contributed by atoms with Gasteiger partial charge in [-0.1, -0.05) is 0 Å². The highest BCUT2D eigenvalue weighted by atomic mass is 16.5. The van der Waals surface area contributed by atoms with Crippen LogP contribution in [0.4, 0.5) is 0 Å². The number of piperidine rings is 2. The van der Waals surface area contributed by atoms with E-state index >= 15 is 0 Å². The largest absolute Gasteiger partial charge is 0.380 e. The molecule has 0 saturated carbocycles. The summed E-state index contributed by atoms with van der Waals surface area (Å²) in [7, 11) is 0. The molecule has 0 bridgehead atoms. The zero-order chi connectivity index (χ0) is 16.8. The minimum Gasteiger partial charge on any atom is -0.380 e. The highest BCUT2D eigenvalue weighted by Crippen LogP contribution is 2.29. The molecule has 0 aliphatic carbocycles. The van der Waals surface area contributed by atoms with Crippen molar-refractivity contribution in [2.45, 2.75) is 51.5 Å². The summed E-state index contributed by atoms with van der Waals surface area (Å²) in [4.78, 5) is 14.0. The number of rotatable bonds is 6. The van der Waals surface area contributed by atoms with Crippen molar-refractivity contribution in [3.63, 3.8) is 0 Å². The number of aryl methyl sites for hydroxylation is 1. The van der Waals surface area contributed by atoms with Crippen LogP contribution in [0.3, 0.4) is 0 Å². The molecule has 0 N–H and O–H groups in total. The third-order valence-electron chi connectivity index (χ3n) is 5.63. The van der Waals surface area contributed by atoms with Crippen LogP contribution in [-0.2, 0) is 4.74 Å². The molecule has 3 heterocycles. The molecule has 5 nitrogen and oxygen atoms in total. The SMILES string of the molecule is CCOCCN1CCC(N2CCC(c3cnc(C)nc3)CC2)CC1. The van der Waals surface area contributed by atoms with E-state index < -0.39 is 0 Å². The predicted octanol–water partition coefficient (Wildman–Crippen LogP) is 2.47. The Bertz CT molecular complexity index is 477. The summed E-state index contributed by atoms with van der Waals surface area (Å²) < 4.78 is 5.48. The molecular weight excluding hydrogens is 300 g/mol. The van der Waals surface area contributed by atoms with E-state index in [2.05, 4.69) is 26.7 Å². The number of ether oxygens (including phenoxy) is 1. The number of likely N-dealkylation sites (tertiary alicyclic amines) is 2. The molecule has 1 aromatic heterocycles. The highest BCUT2D eigenvalue weighted by Gasteiger charge is 2.28. The van der Waals surface area contributed by atoms with Gasteiger partial charge in [0.15, 0.2) is 0 Å². The third-order valence-corrected chi connectivity index (χ3v) is 5.63. The molecule has 3 rings (SSSR count). The minimum absolute atomic E-state index is 0.646. The van der Waals surface area contributed by atoms with Crippen LogP contribution in [0.15, 0.2) is 12.4 Å². The number of nitrogens with zero attached hydrogens (tertiary/aromatic N) is 4. The summed E-state index contributed by atoms with van der Waals surface area (Å²) in [5, 5.41) is 0. The van der Waals surface area contributed by atoms with Gasteiger partial charge in [0.1, 0.15) is 5.82 Å². The van der Waals surface area contributed by atoms with E-state index in [-0.39, 0.29) is 0 Å². The molecule has 2 aliphatic rings. The second-order valence-electron chi connectivity index (χ2n) is 7.14. The molecule has 0 atom stereocenters. The van der Waals surface area contributed by atoms with Crippen LogP contribution in [-0.4, -0.2) is 71.7 Å². The van der Waals surface area contributed by atoms with Crippen LogP contribution in [0.1, 0.15) is 49.9 Å². The molecule has 1 aromatic rings. The number of aromatic nitrogens is 2. The van der Waals surface area contributed by atoms with Crippen molar-refractivity contribution in [1.82, 2.24) is 19.8 Å². The van der Waals surface area contributed by atoms with Gasteiger partial charge in [-0.25, -0.2) is 9.97 Å². The maximum absolute atomic E-state index is 5.48. The molecule has 0 aromatic carbocycles. The molecular formula is C19H32N4O. The highest BCUT2D eigenvalue weighted by molar-refractivity contribution is 5.12. The lowest BCUT2D eigenvalue weighted by atomic mass is 9.89. The molecule has 0 unspecified atom stereocenters. The van der Waals surface area contributed by atoms with Gasteiger partial charge in [-0.3, -0.25) is 0 Å². The molecule has 0 spiro atoms. The molecule has 2 fully saturated rings. The van der Waals surface area contributed by atoms with E-state index in [1.165, 1.54) is 57.4 Å². The molecule has 2 aliphatic heterocycles. The Morgan fingerprint density at radius 3 is 2.33 bits per heavy atom. The van der Waals surface area contributed by atoms with Gasteiger partial charge in [-0.2, -0.15) is 0 Å². The molecule has 0 radical (unpaired) electrons. The maximum Gasteiger partial charge on any atom is 0.125 e. The van der Waals surface area contributed by atoms with Crippen molar-refractivity contribution in [2.75, 3.05) is 45.9 Å². The van der Waals surface area contributed by atoms with E-state index in [9.17, 15) is 0 Å². The third kappa shape index (κ3) is 4.74. The second kappa shape index (κ2) is 8.88. The van der Waals surface area contributed by atoms with E-state index in [1.807, 2.05) is 19.3 Å². The van der Waals surface area contributed by atoms with Gasteiger partial charge < -0.3 is 14.5 Å². The van der Waals surface area contributed by atoms with Crippen molar-refractivity contribution in [2.24, 2.45) is 0 Å². The van der Waals surface area contributed by atoms with Crippen LogP contribution in [0.2, 0.25) is 0 Å². The van der Waals surface area contributed by atoms with E-state index in [4.69, 9.17) is 4.74 Å². The van der Waals surface area contributed by atoms with Crippen LogP contribution >= 0.6 is 0 Å². The van der Waals surface area contributed by atoms with Crippen molar-refractivity contribution in [3.05, 3.63) is 23.8 Å². The summed E-state index contributed by atoms with van der Waals surface area (Å²) in [5.74, 6) is 1.51. The normalized spacial score (nSPS) is 22.1. The summed E-state index contributed by atoms with van der Waals surface area (Å²) in [6.07, 6.45) is 9.17. The lowest BCUT2D eigenvalue weighted by Gasteiger charge is -2.41. The molecule has 134 valence electrons. The average molecular weight is 332 g/mol. The minimum atomic E-state index is 0.646. The monoisotopic (exact) mass is 332 g/mol. The Balaban J connectivity index is 1.40. The van der Waals surface area contributed by atoms with Gasteiger partial charge in [0.05, 0.1) is 6.61 Å². The average Bonchev–Trinajstić information content (AvgIpc) is 2.63. The fraction of sp³-hybridized carbons (Fsp3) is 0.789. The second-order valence-corrected chi connectivity index (χ2v) is 7.14. The van der Waals surface area contributed by atoms with Crippen molar-refractivity contribution >= 4 is 0 Å². The summed E-state index contributed by atoms with van der Waals surface area (Å²) in [5.41, 5.74) is 1.32. The van der Waals surface area contributed by atoms with Gasteiger partial charge in [0.25, 0.3) is 0 Å². The van der Waals surface area contributed by atoms with Crippen molar-refractivity contribution < 1.29 is 4.74 Å². The van der Waals surface area contributed by atoms with Crippen LogP contribution in [0.5, 0.6) is 0 Å². The number of hydrogen-bond donors (Lipinski definition) is 0. The first kappa shape index (κ1) is 17.8. The lowest BCUT2D eigenvalue weighted by Crippen LogP contribution is -2.48. The van der Waals surface area contributed by atoms with Gasteiger partial charge in [-0.05, 0) is 77.2 Å². The van der Waals surface area contributed by atoms with Gasteiger partial charge in [0.2, 0.25) is 0 Å². The first-order valence-electron chi connectivity index (χ1n) is 9.59. The lowest BCUT2D eigenvalue weighted by molar-refractivity contribution is 0.0647. The Kier molecular flexibility index (Phi) is 6.58. The maximum atomic E-state index is 5.48. The summed E-state index contributed by atoms with van der Waals surface area (Å²) in [6, 6.07) is 0.781. The van der Waals surface area contributed by atoms with Gasteiger partial charge in [0, 0.05) is 31.6 Å². The van der Waals surface area contributed by atoms with Crippen LogP contribution < -0.4 is 0 Å². The van der Waals surface area contributed by atoms with E-state index in [0.29, 0.717) is 5.92 Å². The molecule has 2 saturated heterocycles.